The lowest BCUT2D eigenvalue weighted by molar-refractivity contribution is 0.0721. The fourth-order valence-electron chi connectivity index (χ4n) is 2.83. The van der Waals surface area contributed by atoms with Gasteiger partial charge in [-0.1, -0.05) is 30.0 Å². The lowest BCUT2D eigenvalue weighted by Gasteiger charge is -2.35. The first-order valence-corrected chi connectivity index (χ1v) is 7.06. The van der Waals surface area contributed by atoms with E-state index in [1.807, 2.05) is 0 Å². The van der Waals surface area contributed by atoms with Gasteiger partial charge in [0.15, 0.2) is 5.17 Å². The van der Waals surface area contributed by atoms with Gasteiger partial charge in [0.2, 0.25) is 0 Å². The second-order valence-corrected chi connectivity index (χ2v) is 5.82. The van der Waals surface area contributed by atoms with Crippen molar-refractivity contribution in [1.29, 1.82) is 0 Å². The van der Waals surface area contributed by atoms with Gasteiger partial charge < -0.3 is 10.5 Å². The maximum absolute atomic E-state index is 14.1. The summed E-state index contributed by atoms with van der Waals surface area (Å²) in [6.45, 7) is -0.411. The van der Waals surface area contributed by atoms with Gasteiger partial charge in [-0.05, 0) is 6.07 Å². The zero-order chi connectivity index (χ0) is 13.5. The van der Waals surface area contributed by atoms with E-state index in [0.29, 0.717) is 16.5 Å². The minimum absolute atomic E-state index is 0.175. The lowest BCUT2D eigenvalue weighted by atomic mass is 9.79. The third-order valence-electron chi connectivity index (χ3n) is 3.79. The van der Waals surface area contributed by atoms with Gasteiger partial charge in [0, 0.05) is 17.2 Å². The van der Waals surface area contributed by atoms with Crippen LogP contribution in [0.15, 0.2) is 29.3 Å². The molecule has 0 aliphatic carbocycles. The maximum Gasteiger partial charge on any atom is 0.154 e. The molecule has 2 heterocycles. The predicted octanol–water partition coefficient (Wildman–Crippen LogP) is 2.07. The Kier molecular flexibility index (Phi) is 3.22. The van der Waals surface area contributed by atoms with Crippen molar-refractivity contribution in [1.82, 2.24) is 0 Å². The molecule has 2 N–H and O–H groups in total. The van der Waals surface area contributed by atoms with E-state index < -0.39 is 18.3 Å². The molecule has 3 atom stereocenters. The average molecular weight is 284 g/mol. The molecule has 0 amide bonds. The van der Waals surface area contributed by atoms with Crippen molar-refractivity contribution in [3.05, 3.63) is 35.6 Å². The largest absolute Gasteiger partial charge is 0.379 e. The number of nitrogens with zero attached hydrogens (tertiary/aromatic N) is 1. The molecule has 0 aromatic heterocycles. The van der Waals surface area contributed by atoms with Gasteiger partial charge in [0.05, 0.1) is 12.7 Å². The fraction of sp³-hybridized carbons (Fsp3) is 0.462. The van der Waals surface area contributed by atoms with Gasteiger partial charge >= 0.3 is 0 Å². The molecular formula is C13H14F2N2OS. The van der Waals surface area contributed by atoms with Gasteiger partial charge in [-0.25, -0.2) is 13.8 Å². The van der Waals surface area contributed by atoms with E-state index in [2.05, 4.69) is 4.99 Å². The van der Waals surface area contributed by atoms with E-state index in [1.165, 1.54) is 17.8 Å². The molecule has 3 nitrogen and oxygen atoms in total. The van der Waals surface area contributed by atoms with Crippen molar-refractivity contribution < 1.29 is 13.5 Å². The molecule has 1 aromatic carbocycles. The summed E-state index contributed by atoms with van der Waals surface area (Å²) >= 11 is 1.37. The summed E-state index contributed by atoms with van der Waals surface area (Å²) in [5.41, 5.74) is 5.36. The number of aliphatic imine (C=N–C) groups is 1. The SMILES string of the molecule is NC1=N[C@@]2(c3ccccc3F)COC(CF)[C@H]2CS1. The van der Waals surface area contributed by atoms with Crippen LogP contribution in [0.5, 0.6) is 0 Å². The molecule has 102 valence electrons. The smallest absolute Gasteiger partial charge is 0.154 e. The standard InChI is InChI=1S/C13H14F2N2OS/c14-5-11-9-6-19-12(16)17-13(9,7-18-11)8-3-1-2-4-10(8)15/h1-4,9,11H,5-7H2,(H2,16,17)/t9-,11?,13-/m1/s1. The van der Waals surface area contributed by atoms with Gasteiger partial charge in [0.25, 0.3) is 0 Å². The molecule has 19 heavy (non-hydrogen) atoms. The number of fused-ring (bicyclic) bond motifs is 1. The number of nitrogens with two attached hydrogens (primary N) is 1. The van der Waals surface area contributed by atoms with Crippen molar-refractivity contribution in [3.8, 4) is 0 Å². The maximum atomic E-state index is 14.1. The lowest BCUT2D eigenvalue weighted by Crippen LogP contribution is -2.42. The minimum atomic E-state index is -0.878. The Morgan fingerprint density at radius 3 is 3.00 bits per heavy atom. The van der Waals surface area contributed by atoms with Gasteiger partial charge in [-0.3, -0.25) is 0 Å². The topological polar surface area (TPSA) is 47.6 Å². The summed E-state index contributed by atoms with van der Waals surface area (Å²) in [6, 6.07) is 6.44. The molecule has 2 aliphatic rings. The molecule has 1 unspecified atom stereocenters. The second-order valence-electron chi connectivity index (χ2n) is 4.78. The van der Waals surface area contributed by atoms with Crippen LogP contribution in [0.25, 0.3) is 0 Å². The number of thioether (sulfide) groups is 1. The van der Waals surface area contributed by atoms with Crippen molar-refractivity contribution in [2.45, 2.75) is 11.6 Å². The highest BCUT2D eigenvalue weighted by Crippen LogP contribution is 2.47. The van der Waals surface area contributed by atoms with Crippen LogP contribution in [0.4, 0.5) is 8.78 Å². The zero-order valence-corrected chi connectivity index (χ0v) is 11.0. The van der Waals surface area contributed by atoms with E-state index in [9.17, 15) is 8.78 Å². The van der Waals surface area contributed by atoms with Crippen LogP contribution in [0, 0.1) is 11.7 Å². The third kappa shape index (κ3) is 1.94. The first kappa shape index (κ1) is 12.9. The summed E-state index contributed by atoms with van der Waals surface area (Å²) in [5, 5.41) is 0.405. The van der Waals surface area contributed by atoms with Crippen molar-refractivity contribution in [2.75, 3.05) is 19.0 Å². The Morgan fingerprint density at radius 1 is 1.47 bits per heavy atom. The number of hydrogen-bond acceptors (Lipinski definition) is 4. The summed E-state index contributed by atoms with van der Waals surface area (Å²) in [4.78, 5) is 4.43. The molecule has 6 heteroatoms. The minimum Gasteiger partial charge on any atom is -0.379 e. The van der Waals surface area contributed by atoms with E-state index in [-0.39, 0.29) is 18.3 Å². The Balaban J connectivity index is 2.13. The van der Waals surface area contributed by atoms with Crippen LogP contribution in [-0.2, 0) is 10.3 Å². The first-order valence-electron chi connectivity index (χ1n) is 6.08. The van der Waals surface area contributed by atoms with E-state index in [0.717, 1.165) is 0 Å². The molecule has 1 aromatic rings. The highest BCUT2D eigenvalue weighted by Gasteiger charge is 2.53. The van der Waals surface area contributed by atoms with E-state index in [1.54, 1.807) is 18.2 Å². The Hall–Kier alpha value is -1.14. The quantitative estimate of drug-likeness (QED) is 0.904. The van der Waals surface area contributed by atoms with Crippen molar-refractivity contribution >= 4 is 16.9 Å². The molecule has 0 spiro atoms. The van der Waals surface area contributed by atoms with Crippen LogP contribution in [0.1, 0.15) is 5.56 Å². The number of alkyl halides is 1. The fourth-order valence-corrected chi connectivity index (χ4v) is 3.90. The number of rotatable bonds is 2. The molecular weight excluding hydrogens is 270 g/mol. The normalized spacial score (nSPS) is 33.9. The van der Waals surface area contributed by atoms with E-state index in [4.69, 9.17) is 10.5 Å². The van der Waals surface area contributed by atoms with Gasteiger partial charge in [-0.15, -0.1) is 0 Å². The molecule has 0 bridgehead atoms. The number of hydrogen-bond donors (Lipinski definition) is 1. The Bertz CT molecular complexity index is 525. The van der Waals surface area contributed by atoms with Gasteiger partial charge in [0.1, 0.15) is 18.0 Å². The second kappa shape index (κ2) is 4.76. The number of ether oxygens (including phenoxy) is 1. The summed E-state index contributed by atoms with van der Waals surface area (Å²) in [6.07, 6.45) is -0.538. The highest BCUT2D eigenvalue weighted by molar-refractivity contribution is 8.13. The molecule has 1 saturated heterocycles. The zero-order valence-electron chi connectivity index (χ0n) is 10.2. The van der Waals surface area contributed by atoms with Crippen molar-refractivity contribution in [3.63, 3.8) is 0 Å². The third-order valence-corrected chi connectivity index (χ3v) is 4.71. The monoisotopic (exact) mass is 284 g/mol. The molecule has 1 fully saturated rings. The molecule has 0 saturated carbocycles. The highest BCUT2D eigenvalue weighted by atomic mass is 32.2. The predicted molar refractivity (Wildman–Crippen MR) is 71.4 cm³/mol. The summed E-state index contributed by atoms with van der Waals surface area (Å²) < 4.78 is 32.6. The number of amidine groups is 1. The van der Waals surface area contributed by atoms with Crippen LogP contribution in [0.2, 0.25) is 0 Å². The Morgan fingerprint density at radius 2 is 2.26 bits per heavy atom. The summed E-state index contributed by atoms with van der Waals surface area (Å²) in [5.74, 6) is 0.0592. The average Bonchev–Trinajstić information content (AvgIpc) is 2.77. The molecule has 2 aliphatic heterocycles. The molecule has 0 radical (unpaired) electrons. The Labute approximate surface area is 114 Å². The number of halogens is 2. The van der Waals surface area contributed by atoms with E-state index >= 15 is 0 Å². The van der Waals surface area contributed by atoms with Crippen LogP contribution >= 0.6 is 11.8 Å². The van der Waals surface area contributed by atoms with Crippen LogP contribution in [-0.4, -0.2) is 30.3 Å². The van der Waals surface area contributed by atoms with Crippen LogP contribution < -0.4 is 5.73 Å². The van der Waals surface area contributed by atoms with Crippen LogP contribution in [0.3, 0.4) is 0 Å². The molecule has 3 rings (SSSR count). The first-order chi connectivity index (χ1) is 9.17. The summed E-state index contributed by atoms with van der Waals surface area (Å²) in [7, 11) is 0. The van der Waals surface area contributed by atoms with Crippen molar-refractivity contribution in [2.24, 2.45) is 16.6 Å². The number of benzene rings is 1. The van der Waals surface area contributed by atoms with Gasteiger partial charge in [-0.2, -0.15) is 0 Å².